The fourth-order valence-corrected chi connectivity index (χ4v) is 3.68. The van der Waals surface area contributed by atoms with Gasteiger partial charge in [0, 0.05) is 19.4 Å². The van der Waals surface area contributed by atoms with Crippen molar-refractivity contribution < 1.29 is 23.6 Å². The molecule has 2 N–H and O–H groups in total. The van der Waals surface area contributed by atoms with Crippen LogP contribution >= 0.6 is 0 Å². The fourth-order valence-electron chi connectivity index (χ4n) is 3.68. The summed E-state index contributed by atoms with van der Waals surface area (Å²) in [7, 11) is 3.31. The first-order chi connectivity index (χ1) is 13.1. The van der Waals surface area contributed by atoms with Gasteiger partial charge in [0.25, 0.3) is 5.91 Å². The number of likely N-dealkylation sites (tertiary alicyclic amines) is 1. The smallest absolute Gasteiger partial charge is 0.275 e. The van der Waals surface area contributed by atoms with E-state index >= 15 is 0 Å². The summed E-state index contributed by atoms with van der Waals surface area (Å²) in [5.41, 5.74) is 1.96. The number of carbonyl (C=O) groups excluding carboxylic acids is 1. The molecule has 1 aliphatic rings. The summed E-state index contributed by atoms with van der Waals surface area (Å²) in [5, 5.41) is 2.93. The van der Waals surface area contributed by atoms with Crippen molar-refractivity contribution in [2.75, 3.05) is 27.3 Å². The number of hydrogen-bond donors (Lipinski definition) is 2. The summed E-state index contributed by atoms with van der Waals surface area (Å²) in [4.78, 5) is 13.7. The van der Waals surface area contributed by atoms with Crippen molar-refractivity contribution >= 4 is 5.91 Å². The van der Waals surface area contributed by atoms with Gasteiger partial charge in [0.05, 0.1) is 26.3 Å². The average molecular weight is 373 g/mol. The van der Waals surface area contributed by atoms with Crippen LogP contribution in [0.15, 0.2) is 42.5 Å². The SMILES string of the molecule is COc1ccc(OC)c([C@H]2CCC[NH+]2CC(=O)NCc2ccc(F)cc2)c1. The molecule has 1 fully saturated rings. The van der Waals surface area contributed by atoms with E-state index in [1.807, 2.05) is 18.2 Å². The molecule has 6 heteroatoms. The number of nitrogens with one attached hydrogen (secondary N) is 2. The van der Waals surface area contributed by atoms with Crippen molar-refractivity contribution in [2.45, 2.75) is 25.4 Å². The molecular formula is C21H26FN2O3+. The van der Waals surface area contributed by atoms with Gasteiger partial charge >= 0.3 is 0 Å². The summed E-state index contributed by atoms with van der Waals surface area (Å²) in [5.74, 6) is 1.33. The molecule has 1 aliphatic heterocycles. The molecule has 1 heterocycles. The first-order valence-corrected chi connectivity index (χ1v) is 9.18. The minimum absolute atomic E-state index is 0.0110. The first kappa shape index (κ1) is 19.2. The zero-order valence-electron chi connectivity index (χ0n) is 15.8. The lowest BCUT2D eigenvalue weighted by atomic mass is 10.0. The number of ether oxygens (including phenoxy) is 2. The molecular weight excluding hydrogens is 347 g/mol. The normalized spacial score (nSPS) is 18.9. The van der Waals surface area contributed by atoms with Crippen molar-refractivity contribution in [1.29, 1.82) is 0 Å². The number of methoxy groups -OCH3 is 2. The lowest BCUT2D eigenvalue weighted by Gasteiger charge is -2.23. The zero-order chi connectivity index (χ0) is 19.2. The van der Waals surface area contributed by atoms with Crippen LogP contribution in [0.4, 0.5) is 4.39 Å². The topological polar surface area (TPSA) is 52.0 Å². The van der Waals surface area contributed by atoms with Crippen molar-refractivity contribution in [3.05, 3.63) is 59.4 Å². The van der Waals surface area contributed by atoms with E-state index in [-0.39, 0.29) is 17.8 Å². The molecule has 0 aromatic heterocycles. The van der Waals surface area contributed by atoms with Gasteiger partial charge in [-0.25, -0.2) is 4.39 Å². The highest BCUT2D eigenvalue weighted by Crippen LogP contribution is 2.31. The average Bonchev–Trinajstić information content (AvgIpc) is 3.14. The van der Waals surface area contributed by atoms with Gasteiger partial charge in [-0.1, -0.05) is 12.1 Å². The van der Waals surface area contributed by atoms with Crippen molar-refractivity contribution in [2.24, 2.45) is 0 Å². The van der Waals surface area contributed by atoms with Crippen molar-refractivity contribution in [3.63, 3.8) is 0 Å². The third-order valence-corrected chi connectivity index (χ3v) is 5.09. The molecule has 1 saturated heterocycles. The number of quaternary nitrogens is 1. The highest BCUT2D eigenvalue weighted by Gasteiger charge is 2.33. The highest BCUT2D eigenvalue weighted by atomic mass is 19.1. The van der Waals surface area contributed by atoms with E-state index in [1.54, 1.807) is 26.4 Å². The number of amides is 1. The Hall–Kier alpha value is -2.60. The molecule has 0 aliphatic carbocycles. The third kappa shape index (κ3) is 4.77. The minimum atomic E-state index is -0.276. The molecule has 1 amide bonds. The van der Waals surface area contributed by atoms with Crippen LogP contribution in [-0.4, -0.2) is 33.2 Å². The Morgan fingerprint density at radius 2 is 1.96 bits per heavy atom. The Balaban J connectivity index is 1.64. The summed E-state index contributed by atoms with van der Waals surface area (Å²) >= 11 is 0. The van der Waals surface area contributed by atoms with Crippen LogP contribution < -0.4 is 19.7 Å². The molecule has 0 radical (unpaired) electrons. The second kappa shape index (κ2) is 8.86. The second-order valence-electron chi connectivity index (χ2n) is 6.79. The van der Waals surface area contributed by atoms with Gasteiger partial charge in [-0.05, 0) is 35.9 Å². The Morgan fingerprint density at radius 1 is 1.19 bits per heavy atom. The maximum absolute atomic E-state index is 13.0. The predicted octanol–water partition coefficient (Wildman–Crippen LogP) is 1.88. The molecule has 2 aromatic rings. The van der Waals surface area contributed by atoms with Crippen LogP contribution in [0.25, 0.3) is 0 Å². The molecule has 144 valence electrons. The van der Waals surface area contributed by atoms with Gasteiger partial charge < -0.3 is 19.7 Å². The molecule has 2 atom stereocenters. The lowest BCUT2D eigenvalue weighted by molar-refractivity contribution is -0.910. The first-order valence-electron chi connectivity index (χ1n) is 9.18. The van der Waals surface area contributed by atoms with Crippen LogP contribution in [0.3, 0.4) is 0 Å². The van der Waals surface area contributed by atoms with E-state index in [9.17, 15) is 9.18 Å². The quantitative estimate of drug-likeness (QED) is 0.779. The van der Waals surface area contributed by atoms with E-state index < -0.39 is 0 Å². The molecule has 27 heavy (non-hydrogen) atoms. The minimum Gasteiger partial charge on any atom is -0.497 e. The fraction of sp³-hybridized carbons (Fsp3) is 0.381. The predicted molar refractivity (Wildman–Crippen MR) is 100 cm³/mol. The number of halogens is 1. The maximum atomic E-state index is 13.0. The van der Waals surface area contributed by atoms with E-state index in [1.165, 1.54) is 17.0 Å². The third-order valence-electron chi connectivity index (χ3n) is 5.09. The maximum Gasteiger partial charge on any atom is 0.275 e. The van der Waals surface area contributed by atoms with Gasteiger partial charge in [0.1, 0.15) is 23.4 Å². The van der Waals surface area contributed by atoms with Crippen LogP contribution in [0, 0.1) is 5.82 Å². The second-order valence-corrected chi connectivity index (χ2v) is 6.79. The van der Waals surface area contributed by atoms with Gasteiger partial charge in [-0.15, -0.1) is 0 Å². The van der Waals surface area contributed by atoms with E-state index in [0.29, 0.717) is 13.1 Å². The Labute approximate surface area is 159 Å². The van der Waals surface area contributed by atoms with Crippen LogP contribution in [0.2, 0.25) is 0 Å². The number of hydrogen-bond acceptors (Lipinski definition) is 3. The molecule has 0 saturated carbocycles. The van der Waals surface area contributed by atoms with E-state index in [0.717, 1.165) is 42.0 Å². The molecule has 2 aromatic carbocycles. The van der Waals surface area contributed by atoms with Gasteiger partial charge in [-0.3, -0.25) is 4.79 Å². The van der Waals surface area contributed by atoms with Crippen LogP contribution in [-0.2, 0) is 11.3 Å². The van der Waals surface area contributed by atoms with Crippen molar-refractivity contribution in [1.82, 2.24) is 5.32 Å². The zero-order valence-corrected chi connectivity index (χ0v) is 15.8. The molecule has 3 rings (SSSR count). The summed E-state index contributed by atoms with van der Waals surface area (Å²) in [6.45, 7) is 1.74. The summed E-state index contributed by atoms with van der Waals surface area (Å²) in [6, 6.07) is 12.2. The van der Waals surface area contributed by atoms with Gasteiger partial charge in [0.15, 0.2) is 6.54 Å². The molecule has 5 nitrogen and oxygen atoms in total. The Morgan fingerprint density at radius 3 is 2.67 bits per heavy atom. The van der Waals surface area contributed by atoms with Gasteiger partial charge in [-0.2, -0.15) is 0 Å². The number of benzene rings is 2. The Kier molecular flexibility index (Phi) is 6.29. The number of carbonyl (C=O) groups is 1. The van der Waals surface area contributed by atoms with Crippen LogP contribution in [0.1, 0.15) is 30.0 Å². The molecule has 1 unspecified atom stereocenters. The molecule has 0 bridgehead atoms. The summed E-state index contributed by atoms with van der Waals surface area (Å²) < 4.78 is 23.8. The summed E-state index contributed by atoms with van der Waals surface area (Å²) in [6.07, 6.45) is 2.07. The Bertz CT molecular complexity index is 779. The highest BCUT2D eigenvalue weighted by molar-refractivity contribution is 5.76. The van der Waals surface area contributed by atoms with E-state index in [4.69, 9.17) is 9.47 Å². The van der Waals surface area contributed by atoms with E-state index in [2.05, 4.69) is 5.32 Å². The molecule has 0 spiro atoms. The van der Waals surface area contributed by atoms with Crippen molar-refractivity contribution in [3.8, 4) is 11.5 Å². The van der Waals surface area contributed by atoms with Crippen LogP contribution in [0.5, 0.6) is 11.5 Å². The van der Waals surface area contributed by atoms with Gasteiger partial charge in [0.2, 0.25) is 0 Å². The number of rotatable bonds is 7. The monoisotopic (exact) mass is 373 g/mol. The standard InChI is InChI=1S/C21H25FN2O3/c1-26-17-9-10-20(27-2)18(12-17)19-4-3-11-24(19)14-21(25)23-13-15-5-7-16(22)8-6-15/h5-10,12,19H,3-4,11,13-14H2,1-2H3,(H,23,25)/p+1/t19-/m1/s1. The largest absolute Gasteiger partial charge is 0.497 e. The lowest BCUT2D eigenvalue weighted by Crippen LogP contribution is -3.11.